The Bertz CT molecular complexity index is 346. The molecule has 0 aromatic carbocycles. The lowest BCUT2D eigenvalue weighted by molar-refractivity contribution is -0.140. The van der Waals surface area contributed by atoms with Crippen LogP contribution in [0.25, 0.3) is 0 Å². The molecule has 72 valence electrons. The minimum absolute atomic E-state index is 0.535. The number of carbonyl (C=O) groups is 1. The molecule has 4 nitrogen and oxygen atoms in total. The lowest BCUT2D eigenvalue weighted by Gasteiger charge is -2.08. The van der Waals surface area contributed by atoms with Crippen molar-refractivity contribution in [2.75, 3.05) is 0 Å². The van der Waals surface area contributed by atoms with Gasteiger partial charge in [-0.15, -0.1) is 0 Å². The number of hydrogen-bond donors (Lipinski definition) is 1. The van der Waals surface area contributed by atoms with E-state index in [-0.39, 0.29) is 0 Å². The van der Waals surface area contributed by atoms with Crippen molar-refractivity contribution in [2.24, 2.45) is 0 Å². The number of aliphatic carboxylic acids is 1. The van der Waals surface area contributed by atoms with Gasteiger partial charge < -0.3 is 5.11 Å². The molecule has 1 aromatic heterocycles. The molecule has 1 rings (SSSR count). The van der Waals surface area contributed by atoms with E-state index in [4.69, 9.17) is 16.7 Å². The summed E-state index contributed by atoms with van der Waals surface area (Å²) in [6, 6.07) is -0.675. The Morgan fingerprint density at radius 1 is 1.62 bits per heavy atom. The molecule has 0 spiro atoms. The first-order valence-corrected chi connectivity index (χ1v) is 4.27. The van der Waals surface area contributed by atoms with Crippen LogP contribution < -0.4 is 0 Å². The van der Waals surface area contributed by atoms with E-state index in [9.17, 15) is 4.79 Å². The molecule has 1 heterocycles. The summed E-state index contributed by atoms with van der Waals surface area (Å²) < 4.78 is 1.42. The van der Waals surface area contributed by atoms with E-state index in [0.29, 0.717) is 16.4 Å². The molecule has 0 aliphatic rings. The number of aromatic nitrogens is 2. The van der Waals surface area contributed by atoms with Gasteiger partial charge in [-0.05, 0) is 20.8 Å². The molecule has 0 amide bonds. The molecule has 0 aliphatic heterocycles. The molecule has 13 heavy (non-hydrogen) atoms. The first kappa shape index (κ1) is 10.1. The fourth-order valence-electron chi connectivity index (χ4n) is 1.12. The quantitative estimate of drug-likeness (QED) is 0.796. The Morgan fingerprint density at radius 2 is 2.15 bits per heavy atom. The third-order valence-electron chi connectivity index (χ3n) is 1.96. The second-order valence-electron chi connectivity index (χ2n) is 2.94. The molecule has 1 N–H and O–H groups in total. The highest BCUT2D eigenvalue weighted by Gasteiger charge is 2.19. The van der Waals surface area contributed by atoms with Crippen LogP contribution in [0, 0.1) is 13.8 Å². The molecular formula is C8H11ClN2O2. The fourth-order valence-corrected chi connectivity index (χ4v) is 1.25. The highest BCUT2D eigenvalue weighted by Crippen LogP contribution is 2.21. The SMILES string of the molecule is Cc1nn([C@H](C)C(=O)O)c(C)c1Cl. The van der Waals surface area contributed by atoms with Crippen molar-refractivity contribution in [1.29, 1.82) is 0 Å². The van der Waals surface area contributed by atoms with Crippen LogP contribution in [0.2, 0.25) is 5.02 Å². The van der Waals surface area contributed by atoms with Gasteiger partial charge in [0.25, 0.3) is 0 Å². The van der Waals surface area contributed by atoms with Crippen LogP contribution in [0.1, 0.15) is 24.4 Å². The van der Waals surface area contributed by atoms with E-state index < -0.39 is 12.0 Å². The minimum Gasteiger partial charge on any atom is -0.480 e. The summed E-state index contributed by atoms with van der Waals surface area (Å²) in [6.07, 6.45) is 0. The van der Waals surface area contributed by atoms with Crippen molar-refractivity contribution in [1.82, 2.24) is 9.78 Å². The van der Waals surface area contributed by atoms with Crippen molar-refractivity contribution in [3.63, 3.8) is 0 Å². The minimum atomic E-state index is -0.915. The topological polar surface area (TPSA) is 55.1 Å². The van der Waals surface area contributed by atoms with Gasteiger partial charge in [-0.3, -0.25) is 4.68 Å². The van der Waals surface area contributed by atoms with Crippen LogP contribution in [0.4, 0.5) is 0 Å². The number of aryl methyl sites for hydroxylation is 1. The van der Waals surface area contributed by atoms with Crippen LogP contribution in [-0.2, 0) is 4.79 Å². The molecule has 0 aliphatic carbocycles. The van der Waals surface area contributed by atoms with Crippen LogP contribution >= 0.6 is 11.6 Å². The van der Waals surface area contributed by atoms with Gasteiger partial charge in [0.05, 0.1) is 16.4 Å². The van der Waals surface area contributed by atoms with E-state index >= 15 is 0 Å². The van der Waals surface area contributed by atoms with Gasteiger partial charge >= 0.3 is 5.97 Å². The van der Waals surface area contributed by atoms with Crippen molar-refractivity contribution in [3.8, 4) is 0 Å². The average molecular weight is 203 g/mol. The summed E-state index contributed by atoms with van der Waals surface area (Å²) in [5.74, 6) is -0.915. The molecule has 0 saturated carbocycles. The second-order valence-corrected chi connectivity index (χ2v) is 3.32. The summed E-state index contributed by atoms with van der Waals surface area (Å²) in [7, 11) is 0. The number of halogens is 1. The van der Waals surface area contributed by atoms with E-state index in [1.165, 1.54) is 4.68 Å². The van der Waals surface area contributed by atoms with Gasteiger partial charge in [0.2, 0.25) is 0 Å². The summed E-state index contributed by atoms with van der Waals surface area (Å²) >= 11 is 5.87. The van der Waals surface area contributed by atoms with Crippen LogP contribution in [0.3, 0.4) is 0 Å². The lowest BCUT2D eigenvalue weighted by atomic mass is 10.3. The van der Waals surface area contributed by atoms with Crippen molar-refractivity contribution in [3.05, 3.63) is 16.4 Å². The Morgan fingerprint density at radius 3 is 2.46 bits per heavy atom. The van der Waals surface area contributed by atoms with Gasteiger partial charge in [0.1, 0.15) is 6.04 Å². The highest BCUT2D eigenvalue weighted by atomic mass is 35.5. The molecule has 1 atom stereocenters. The Labute approximate surface area is 81.1 Å². The zero-order chi connectivity index (χ0) is 10.2. The normalized spacial score (nSPS) is 12.9. The van der Waals surface area contributed by atoms with Crippen molar-refractivity contribution >= 4 is 17.6 Å². The van der Waals surface area contributed by atoms with Gasteiger partial charge in [0.15, 0.2) is 0 Å². The summed E-state index contributed by atoms with van der Waals surface area (Å²) in [5, 5.41) is 13.3. The lowest BCUT2D eigenvalue weighted by Crippen LogP contribution is -2.17. The molecule has 0 bridgehead atoms. The van der Waals surface area contributed by atoms with Gasteiger partial charge in [0, 0.05) is 0 Å². The van der Waals surface area contributed by atoms with Crippen LogP contribution in [-0.4, -0.2) is 20.9 Å². The largest absolute Gasteiger partial charge is 0.480 e. The zero-order valence-electron chi connectivity index (χ0n) is 7.71. The smallest absolute Gasteiger partial charge is 0.328 e. The number of hydrogen-bond acceptors (Lipinski definition) is 2. The zero-order valence-corrected chi connectivity index (χ0v) is 8.46. The fraction of sp³-hybridized carbons (Fsp3) is 0.500. The van der Waals surface area contributed by atoms with Crippen molar-refractivity contribution in [2.45, 2.75) is 26.8 Å². The molecule has 5 heteroatoms. The maximum atomic E-state index is 10.7. The third kappa shape index (κ3) is 1.67. The standard InChI is InChI=1S/C8H11ClN2O2/c1-4-7(9)5(2)11(10-4)6(3)8(12)13/h6H,1-3H3,(H,12,13)/t6-/m1/s1. The summed E-state index contributed by atoms with van der Waals surface area (Å²) in [5.41, 5.74) is 1.35. The van der Waals surface area contributed by atoms with E-state index in [1.54, 1.807) is 20.8 Å². The highest BCUT2D eigenvalue weighted by molar-refractivity contribution is 6.31. The van der Waals surface area contributed by atoms with Crippen molar-refractivity contribution < 1.29 is 9.90 Å². The molecule has 0 radical (unpaired) electrons. The van der Waals surface area contributed by atoms with Gasteiger partial charge in [-0.25, -0.2) is 4.79 Å². The van der Waals surface area contributed by atoms with Crippen LogP contribution in [0.15, 0.2) is 0 Å². The molecule has 1 aromatic rings. The van der Waals surface area contributed by atoms with E-state index in [1.807, 2.05) is 0 Å². The van der Waals surface area contributed by atoms with Crippen LogP contribution in [0.5, 0.6) is 0 Å². The maximum Gasteiger partial charge on any atom is 0.328 e. The predicted molar refractivity (Wildman–Crippen MR) is 49.1 cm³/mol. The van der Waals surface area contributed by atoms with E-state index in [2.05, 4.69) is 5.10 Å². The van der Waals surface area contributed by atoms with Gasteiger partial charge in [-0.2, -0.15) is 5.10 Å². The van der Waals surface area contributed by atoms with E-state index in [0.717, 1.165) is 0 Å². The maximum absolute atomic E-state index is 10.7. The number of carboxylic acid groups (broad SMARTS) is 1. The summed E-state index contributed by atoms with van der Waals surface area (Å²) in [4.78, 5) is 10.7. The Balaban J connectivity index is 3.15. The number of carboxylic acids is 1. The number of nitrogens with zero attached hydrogens (tertiary/aromatic N) is 2. The second kappa shape index (κ2) is 3.38. The molecule has 0 unspecified atom stereocenters. The number of rotatable bonds is 2. The molecule has 0 fully saturated rings. The van der Waals surface area contributed by atoms with Gasteiger partial charge in [-0.1, -0.05) is 11.6 Å². The Hall–Kier alpha value is -1.03. The first-order chi connectivity index (χ1) is 5.95. The molecule has 0 saturated heterocycles. The Kier molecular flexibility index (Phi) is 2.61. The predicted octanol–water partition coefficient (Wildman–Crippen LogP) is 1.80. The summed E-state index contributed by atoms with van der Waals surface area (Å²) in [6.45, 7) is 5.07. The molecular weight excluding hydrogens is 192 g/mol. The first-order valence-electron chi connectivity index (χ1n) is 3.89. The monoisotopic (exact) mass is 202 g/mol. The average Bonchev–Trinajstić information content (AvgIpc) is 2.31. The third-order valence-corrected chi connectivity index (χ3v) is 2.51.